The van der Waals surface area contributed by atoms with Crippen LogP contribution in [0.15, 0.2) is 30.4 Å². The molecule has 3 heteroatoms. The smallest absolute Gasteiger partial charge is 0.159 e. The maximum atomic E-state index is 12.7. The molecule has 0 heterocycles. The Morgan fingerprint density at radius 2 is 1.93 bits per heavy atom. The second kappa shape index (κ2) is 5.50. The van der Waals surface area contributed by atoms with Gasteiger partial charge in [-0.2, -0.15) is 0 Å². The summed E-state index contributed by atoms with van der Waals surface area (Å²) < 4.78 is 25.3. The van der Waals surface area contributed by atoms with Crippen molar-refractivity contribution in [1.29, 1.82) is 0 Å². The first kappa shape index (κ1) is 10.9. The van der Waals surface area contributed by atoms with Crippen LogP contribution >= 0.6 is 0 Å². The van der Waals surface area contributed by atoms with Gasteiger partial charge in [-0.15, -0.1) is 0 Å². The van der Waals surface area contributed by atoms with Gasteiger partial charge in [0.05, 0.1) is 0 Å². The van der Waals surface area contributed by atoms with Gasteiger partial charge in [0.25, 0.3) is 0 Å². The molecule has 0 saturated heterocycles. The Bertz CT molecular complexity index is 321. The van der Waals surface area contributed by atoms with Crippen LogP contribution in [0, 0.1) is 11.6 Å². The zero-order chi connectivity index (χ0) is 10.4. The van der Waals surface area contributed by atoms with Crippen LogP contribution in [0.25, 0.3) is 0 Å². The Kier molecular flexibility index (Phi) is 4.26. The third-order valence-electron chi connectivity index (χ3n) is 1.84. The minimum Gasteiger partial charge on any atom is -0.330 e. The van der Waals surface area contributed by atoms with Gasteiger partial charge in [-0.1, -0.05) is 18.2 Å². The van der Waals surface area contributed by atoms with Crippen molar-refractivity contribution in [1.82, 2.24) is 0 Å². The lowest BCUT2D eigenvalue weighted by Gasteiger charge is -1.97. The first-order valence-electron chi connectivity index (χ1n) is 4.53. The fraction of sp³-hybridized carbons (Fsp3) is 0.273. The molecule has 0 spiro atoms. The summed E-state index contributed by atoms with van der Waals surface area (Å²) in [7, 11) is 0. The van der Waals surface area contributed by atoms with Crippen LogP contribution in [0.2, 0.25) is 0 Å². The molecule has 0 aliphatic heterocycles. The van der Waals surface area contributed by atoms with Crippen molar-refractivity contribution >= 4 is 0 Å². The second-order valence-electron chi connectivity index (χ2n) is 3.00. The highest BCUT2D eigenvalue weighted by Gasteiger charge is 2.00. The first-order chi connectivity index (χ1) is 6.74. The molecule has 14 heavy (non-hydrogen) atoms. The van der Waals surface area contributed by atoms with Crippen molar-refractivity contribution in [2.75, 3.05) is 6.54 Å². The molecule has 1 rings (SSSR count). The number of rotatable bonds is 4. The predicted molar refractivity (Wildman–Crippen MR) is 52.9 cm³/mol. The van der Waals surface area contributed by atoms with Crippen molar-refractivity contribution in [2.24, 2.45) is 5.73 Å². The van der Waals surface area contributed by atoms with E-state index in [-0.39, 0.29) is 0 Å². The zero-order valence-corrected chi connectivity index (χ0v) is 7.84. The quantitative estimate of drug-likeness (QED) is 0.737. The predicted octanol–water partition coefficient (Wildman–Crippen LogP) is 2.41. The summed E-state index contributed by atoms with van der Waals surface area (Å²) in [5.74, 6) is -1.60. The SMILES string of the molecule is NCC/C=C/Cc1ccc(F)c(F)c1. The van der Waals surface area contributed by atoms with Crippen molar-refractivity contribution in [3.8, 4) is 0 Å². The number of halogens is 2. The fourth-order valence-electron chi connectivity index (χ4n) is 1.10. The number of hydrogen-bond donors (Lipinski definition) is 1. The Balaban J connectivity index is 2.55. The molecule has 1 aromatic rings. The van der Waals surface area contributed by atoms with Crippen molar-refractivity contribution in [3.05, 3.63) is 47.5 Å². The van der Waals surface area contributed by atoms with Crippen LogP contribution in [-0.2, 0) is 6.42 Å². The van der Waals surface area contributed by atoms with Gasteiger partial charge in [0.1, 0.15) is 0 Å². The summed E-state index contributed by atoms with van der Waals surface area (Å²) in [4.78, 5) is 0. The molecule has 0 fully saturated rings. The van der Waals surface area contributed by atoms with E-state index < -0.39 is 11.6 Å². The Hall–Kier alpha value is -1.22. The van der Waals surface area contributed by atoms with E-state index in [0.29, 0.717) is 13.0 Å². The minimum absolute atomic E-state index is 0.605. The number of benzene rings is 1. The summed E-state index contributed by atoms with van der Waals surface area (Å²) in [6.45, 7) is 0.605. The van der Waals surface area contributed by atoms with Crippen molar-refractivity contribution < 1.29 is 8.78 Å². The van der Waals surface area contributed by atoms with E-state index in [9.17, 15) is 8.78 Å². The highest BCUT2D eigenvalue weighted by Crippen LogP contribution is 2.09. The molecule has 0 unspecified atom stereocenters. The van der Waals surface area contributed by atoms with Crippen LogP contribution < -0.4 is 5.73 Å². The van der Waals surface area contributed by atoms with Crippen LogP contribution in [0.4, 0.5) is 8.78 Å². The molecular weight excluding hydrogens is 184 g/mol. The highest BCUT2D eigenvalue weighted by atomic mass is 19.2. The standard InChI is InChI=1S/C11H13F2N/c12-10-6-5-9(8-11(10)13)4-2-1-3-7-14/h1-2,5-6,8H,3-4,7,14H2/b2-1+. The molecule has 0 bridgehead atoms. The topological polar surface area (TPSA) is 26.0 Å². The lowest BCUT2D eigenvalue weighted by Crippen LogP contribution is -1.95. The monoisotopic (exact) mass is 197 g/mol. The molecule has 1 nitrogen and oxygen atoms in total. The van der Waals surface area contributed by atoms with E-state index in [2.05, 4.69) is 0 Å². The van der Waals surface area contributed by atoms with Crippen LogP contribution in [-0.4, -0.2) is 6.54 Å². The van der Waals surface area contributed by atoms with E-state index >= 15 is 0 Å². The van der Waals surface area contributed by atoms with Gasteiger partial charge in [-0.25, -0.2) is 8.78 Å². The lowest BCUT2D eigenvalue weighted by atomic mass is 10.1. The van der Waals surface area contributed by atoms with Gasteiger partial charge in [0, 0.05) is 0 Å². The van der Waals surface area contributed by atoms with E-state index in [1.807, 2.05) is 12.2 Å². The lowest BCUT2D eigenvalue weighted by molar-refractivity contribution is 0.507. The van der Waals surface area contributed by atoms with Gasteiger partial charge in [-0.05, 0) is 37.1 Å². The average Bonchev–Trinajstić information content (AvgIpc) is 2.18. The summed E-state index contributed by atoms with van der Waals surface area (Å²) >= 11 is 0. The number of hydrogen-bond acceptors (Lipinski definition) is 1. The molecule has 0 aliphatic carbocycles. The van der Waals surface area contributed by atoms with E-state index in [1.54, 1.807) is 6.07 Å². The summed E-state index contributed by atoms with van der Waals surface area (Å²) in [5.41, 5.74) is 6.05. The molecule has 1 aromatic carbocycles. The van der Waals surface area contributed by atoms with Gasteiger partial charge >= 0.3 is 0 Å². The van der Waals surface area contributed by atoms with Gasteiger partial charge in [-0.3, -0.25) is 0 Å². The normalized spacial score (nSPS) is 11.1. The summed E-state index contributed by atoms with van der Waals surface area (Å²) in [6, 6.07) is 3.93. The van der Waals surface area contributed by atoms with Crippen LogP contribution in [0.5, 0.6) is 0 Å². The van der Waals surface area contributed by atoms with E-state index in [1.165, 1.54) is 6.07 Å². The van der Waals surface area contributed by atoms with Gasteiger partial charge < -0.3 is 5.73 Å². The van der Waals surface area contributed by atoms with Crippen molar-refractivity contribution in [3.63, 3.8) is 0 Å². The third kappa shape index (κ3) is 3.26. The number of nitrogens with two attached hydrogens (primary N) is 1. The van der Waals surface area contributed by atoms with Crippen molar-refractivity contribution in [2.45, 2.75) is 12.8 Å². The molecule has 0 aromatic heterocycles. The fourth-order valence-corrected chi connectivity index (χ4v) is 1.10. The minimum atomic E-state index is -0.806. The maximum Gasteiger partial charge on any atom is 0.159 e. The average molecular weight is 197 g/mol. The molecule has 0 atom stereocenters. The summed E-state index contributed by atoms with van der Waals surface area (Å²) in [6.07, 6.45) is 5.25. The molecule has 0 amide bonds. The highest BCUT2D eigenvalue weighted by molar-refractivity contribution is 5.20. The van der Waals surface area contributed by atoms with Gasteiger partial charge in [0.15, 0.2) is 11.6 Å². The molecule has 76 valence electrons. The number of allylic oxidation sites excluding steroid dienone is 1. The zero-order valence-electron chi connectivity index (χ0n) is 7.84. The molecule has 0 radical (unpaired) electrons. The maximum absolute atomic E-state index is 12.7. The van der Waals surface area contributed by atoms with E-state index in [0.717, 1.165) is 18.1 Å². The molecular formula is C11H13F2N. The Morgan fingerprint density at radius 1 is 1.14 bits per heavy atom. The Morgan fingerprint density at radius 3 is 2.57 bits per heavy atom. The molecule has 2 N–H and O–H groups in total. The molecule has 0 aliphatic rings. The largest absolute Gasteiger partial charge is 0.330 e. The van der Waals surface area contributed by atoms with Crippen LogP contribution in [0.1, 0.15) is 12.0 Å². The third-order valence-corrected chi connectivity index (χ3v) is 1.84. The first-order valence-corrected chi connectivity index (χ1v) is 4.53. The van der Waals surface area contributed by atoms with Crippen LogP contribution in [0.3, 0.4) is 0 Å². The van der Waals surface area contributed by atoms with Gasteiger partial charge in [0.2, 0.25) is 0 Å². The molecule has 0 saturated carbocycles. The summed E-state index contributed by atoms with van der Waals surface area (Å²) in [5, 5.41) is 0. The van der Waals surface area contributed by atoms with E-state index in [4.69, 9.17) is 5.73 Å². The second-order valence-corrected chi connectivity index (χ2v) is 3.00. The Labute approximate surface area is 82.2 Å².